The van der Waals surface area contributed by atoms with Gasteiger partial charge in [0.05, 0.1) is 17.6 Å². The first-order valence-electron chi connectivity index (χ1n) is 6.87. The lowest BCUT2D eigenvalue weighted by Gasteiger charge is -2.34. The molecule has 1 aromatic rings. The van der Waals surface area contributed by atoms with Gasteiger partial charge in [-0.2, -0.15) is 0 Å². The van der Waals surface area contributed by atoms with Gasteiger partial charge in [-0.05, 0) is 26.2 Å². The summed E-state index contributed by atoms with van der Waals surface area (Å²) in [6, 6.07) is 3.59. The fourth-order valence-corrected chi connectivity index (χ4v) is 2.54. The highest BCUT2D eigenvalue weighted by Crippen LogP contribution is 2.22. The second-order valence-corrected chi connectivity index (χ2v) is 5.52. The van der Waals surface area contributed by atoms with Crippen molar-refractivity contribution in [1.82, 2.24) is 9.80 Å². The van der Waals surface area contributed by atoms with Crippen LogP contribution < -0.4 is 0 Å². The van der Waals surface area contributed by atoms with Gasteiger partial charge in [0.25, 0.3) is 5.69 Å². The molecule has 0 aromatic heterocycles. The molecular weight excluding hydrogens is 277 g/mol. The molecule has 0 N–H and O–H groups in total. The normalized spacial score (nSPS) is 19.9. The maximum atomic E-state index is 13.3. The van der Waals surface area contributed by atoms with Gasteiger partial charge in [-0.1, -0.05) is 0 Å². The van der Waals surface area contributed by atoms with Crippen LogP contribution in [-0.4, -0.2) is 61.2 Å². The highest BCUT2D eigenvalue weighted by atomic mass is 19.1. The minimum absolute atomic E-state index is 0.0351. The molecule has 1 aliphatic heterocycles. The van der Waals surface area contributed by atoms with E-state index in [9.17, 15) is 14.5 Å². The van der Waals surface area contributed by atoms with E-state index in [0.29, 0.717) is 31.8 Å². The number of likely N-dealkylation sites (N-methyl/N-ethyl adjacent to an activating group) is 1. The summed E-state index contributed by atoms with van der Waals surface area (Å²) in [7, 11) is 3.94. The van der Waals surface area contributed by atoms with Gasteiger partial charge in [-0.3, -0.25) is 15.0 Å². The van der Waals surface area contributed by atoms with E-state index in [1.54, 1.807) is 0 Å². The summed E-state index contributed by atoms with van der Waals surface area (Å²) in [4.78, 5) is 14.7. The van der Waals surface area contributed by atoms with Crippen molar-refractivity contribution in [3.8, 4) is 0 Å². The number of morpholine rings is 1. The maximum absolute atomic E-state index is 13.3. The summed E-state index contributed by atoms with van der Waals surface area (Å²) in [6.45, 7) is 3.12. The average Bonchev–Trinajstić information content (AvgIpc) is 2.38. The number of rotatable bonds is 5. The summed E-state index contributed by atoms with van der Waals surface area (Å²) in [5, 5.41) is 11.0. The van der Waals surface area contributed by atoms with Crippen molar-refractivity contribution in [2.45, 2.75) is 12.6 Å². The van der Waals surface area contributed by atoms with E-state index in [4.69, 9.17) is 4.74 Å². The van der Waals surface area contributed by atoms with E-state index in [-0.39, 0.29) is 11.8 Å². The fraction of sp³-hybridized carbons (Fsp3) is 0.571. The van der Waals surface area contributed by atoms with Crippen LogP contribution in [0.1, 0.15) is 5.56 Å². The second-order valence-electron chi connectivity index (χ2n) is 5.52. The molecule has 0 bridgehead atoms. The van der Waals surface area contributed by atoms with Crippen LogP contribution in [0.15, 0.2) is 18.2 Å². The van der Waals surface area contributed by atoms with Gasteiger partial charge in [-0.25, -0.2) is 4.39 Å². The van der Waals surface area contributed by atoms with Crippen molar-refractivity contribution in [3.63, 3.8) is 0 Å². The van der Waals surface area contributed by atoms with Gasteiger partial charge in [0.2, 0.25) is 0 Å². The van der Waals surface area contributed by atoms with Gasteiger partial charge in [0.1, 0.15) is 5.82 Å². The molecule has 1 atom stereocenters. The van der Waals surface area contributed by atoms with E-state index in [1.165, 1.54) is 12.1 Å². The Labute approximate surface area is 123 Å². The monoisotopic (exact) mass is 297 g/mol. The van der Waals surface area contributed by atoms with Crippen LogP contribution in [0.3, 0.4) is 0 Å². The molecule has 1 saturated heterocycles. The van der Waals surface area contributed by atoms with Crippen LogP contribution in [-0.2, 0) is 11.3 Å². The van der Waals surface area contributed by atoms with Crippen molar-refractivity contribution in [2.75, 3.05) is 40.3 Å². The lowest BCUT2D eigenvalue weighted by atomic mass is 10.1. The van der Waals surface area contributed by atoms with Gasteiger partial charge in [0, 0.05) is 37.8 Å². The molecule has 0 amide bonds. The molecule has 7 heteroatoms. The largest absolute Gasteiger partial charge is 0.374 e. The summed E-state index contributed by atoms with van der Waals surface area (Å²) in [5.41, 5.74) is 0.373. The molecular formula is C14H20FN3O3. The van der Waals surface area contributed by atoms with E-state index >= 15 is 0 Å². The predicted octanol–water partition coefficient (Wildman–Crippen LogP) is 1.50. The Morgan fingerprint density at radius 2 is 2.29 bits per heavy atom. The minimum Gasteiger partial charge on any atom is -0.374 e. The Balaban J connectivity index is 2.07. The Morgan fingerprint density at radius 1 is 1.52 bits per heavy atom. The van der Waals surface area contributed by atoms with Gasteiger partial charge in [0.15, 0.2) is 0 Å². The van der Waals surface area contributed by atoms with Crippen molar-refractivity contribution >= 4 is 5.69 Å². The molecule has 1 fully saturated rings. The molecule has 116 valence electrons. The summed E-state index contributed by atoms with van der Waals surface area (Å²) in [6.07, 6.45) is 0.0707. The Bertz CT molecular complexity index is 510. The Hall–Kier alpha value is -1.57. The highest BCUT2D eigenvalue weighted by Gasteiger charge is 2.23. The van der Waals surface area contributed by atoms with Crippen molar-refractivity contribution in [1.29, 1.82) is 0 Å². The molecule has 6 nitrogen and oxygen atoms in total. The highest BCUT2D eigenvalue weighted by molar-refractivity contribution is 5.40. The predicted molar refractivity (Wildman–Crippen MR) is 76.6 cm³/mol. The molecule has 1 heterocycles. The molecule has 21 heavy (non-hydrogen) atoms. The zero-order chi connectivity index (χ0) is 15.4. The van der Waals surface area contributed by atoms with E-state index in [0.717, 1.165) is 12.6 Å². The molecule has 1 aliphatic rings. The zero-order valence-electron chi connectivity index (χ0n) is 12.3. The number of benzene rings is 1. The molecule has 2 rings (SSSR count). The van der Waals surface area contributed by atoms with Crippen LogP contribution in [0.5, 0.6) is 0 Å². The van der Waals surface area contributed by atoms with E-state index in [1.807, 2.05) is 19.0 Å². The maximum Gasteiger partial charge on any atom is 0.274 e. The van der Waals surface area contributed by atoms with Crippen LogP contribution >= 0.6 is 0 Å². The van der Waals surface area contributed by atoms with Gasteiger partial charge < -0.3 is 9.64 Å². The number of nitro benzene ring substituents is 1. The second kappa shape index (κ2) is 6.93. The third kappa shape index (κ3) is 4.45. The number of nitro groups is 1. The molecule has 1 aromatic carbocycles. The first kappa shape index (κ1) is 15.8. The quantitative estimate of drug-likeness (QED) is 0.609. The molecule has 0 spiro atoms. The fourth-order valence-electron chi connectivity index (χ4n) is 2.54. The van der Waals surface area contributed by atoms with Crippen LogP contribution in [0.25, 0.3) is 0 Å². The third-order valence-corrected chi connectivity index (χ3v) is 3.42. The average molecular weight is 297 g/mol. The van der Waals surface area contributed by atoms with Crippen molar-refractivity contribution in [3.05, 3.63) is 39.7 Å². The SMILES string of the molecule is CN(C)CC1CN(Cc2cc(F)ccc2[N+](=O)[O-])CCO1. The minimum atomic E-state index is -0.466. The molecule has 0 aliphatic carbocycles. The Kier molecular flexibility index (Phi) is 5.22. The van der Waals surface area contributed by atoms with Crippen molar-refractivity contribution in [2.24, 2.45) is 0 Å². The summed E-state index contributed by atoms with van der Waals surface area (Å²) < 4.78 is 19.0. The van der Waals surface area contributed by atoms with Crippen molar-refractivity contribution < 1.29 is 14.1 Å². The number of nitrogens with zero attached hydrogens (tertiary/aromatic N) is 3. The standard InChI is InChI=1S/C14H20FN3O3/c1-16(2)9-13-10-17(5-6-21-13)8-11-7-12(15)3-4-14(11)18(19)20/h3-4,7,13H,5-6,8-10H2,1-2H3. The van der Waals surface area contributed by atoms with Gasteiger partial charge >= 0.3 is 0 Å². The van der Waals surface area contributed by atoms with E-state index < -0.39 is 10.7 Å². The third-order valence-electron chi connectivity index (χ3n) is 3.42. The van der Waals surface area contributed by atoms with Crippen LogP contribution in [0, 0.1) is 15.9 Å². The lowest BCUT2D eigenvalue weighted by molar-refractivity contribution is -0.385. The number of hydrogen-bond acceptors (Lipinski definition) is 5. The molecule has 0 saturated carbocycles. The first-order valence-corrected chi connectivity index (χ1v) is 6.87. The zero-order valence-corrected chi connectivity index (χ0v) is 12.3. The van der Waals surface area contributed by atoms with E-state index in [2.05, 4.69) is 4.90 Å². The smallest absolute Gasteiger partial charge is 0.274 e. The van der Waals surface area contributed by atoms with Crippen LogP contribution in [0.4, 0.5) is 10.1 Å². The molecule has 1 unspecified atom stereocenters. The van der Waals surface area contributed by atoms with Gasteiger partial charge in [-0.15, -0.1) is 0 Å². The topological polar surface area (TPSA) is 58.9 Å². The molecule has 0 radical (unpaired) electrons. The summed E-state index contributed by atoms with van der Waals surface area (Å²) in [5.74, 6) is -0.450. The summed E-state index contributed by atoms with van der Waals surface area (Å²) >= 11 is 0. The number of ether oxygens (including phenoxy) is 1. The first-order chi connectivity index (χ1) is 9.95. The number of hydrogen-bond donors (Lipinski definition) is 0. The van der Waals surface area contributed by atoms with Crippen LogP contribution in [0.2, 0.25) is 0 Å². The number of halogens is 1. The Morgan fingerprint density at radius 3 is 2.95 bits per heavy atom. The lowest BCUT2D eigenvalue weighted by Crippen LogP contribution is -2.46.